The Kier molecular flexibility index (Phi) is 3.00. The molecule has 0 spiro atoms. The molecule has 78 valence electrons. The molecule has 0 radical (unpaired) electrons. The van der Waals surface area contributed by atoms with E-state index in [1.54, 1.807) is 0 Å². The molecule has 2 aromatic rings. The van der Waals surface area contributed by atoms with Crippen LogP contribution in [0, 0.1) is 0 Å². The second-order valence-electron chi connectivity index (χ2n) is 3.83. The molecule has 0 aromatic heterocycles. The normalized spacial score (nSPS) is 12.9. The second kappa shape index (κ2) is 4.43. The van der Waals surface area contributed by atoms with E-state index >= 15 is 0 Å². The lowest BCUT2D eigenvalue weighted by Gasteiger charge is -2.13. The molecule has 1 unspecified atom stereocenters. The van der Waals surface area contributed by atoms with E-state index < -0.39 is 0 Å². The van der Waals surface area contributed by atoms with Crippen LogP contribution in [0.25, 0.3) is 10.8 Å². The van der Waals surface area contributed by atoms with Gasteiger partial charge in [-0.05, 0) is 22.8 Å². The summed E-state index contributed by atoms with van der Waals surface area (Å²) in [5.41, 5.74) is 1.14. The van der Waals surface area contributed by atoms with Gasteiger partial charge in [-0.3, -0.25) is 4.39 Å². The summed E-state index contributed by atoms with van der Waals surface area (Å²) in [4.78, 5) is 0. The Labute approximate surface area is 89.7 Å². The van der Waals surface area contributed by atoms with Crippen LogP contribution in [0.5, 0.6) is 0 Å². The van der Waals surface area contributed by atoms with Gasteiger partial charge in [-0.1, -0.05) is 49.4 Å². The lowest BCUT2D eigenvalue weighted by Crippen LogP contribution is -2.00. The van der Waals surface area contributed by atoms with E-state index in [1.807, 2.05) is 31.2 Å². The van der Waals surface area contributed by atoms with E-state index in [-0.39, 0.29) is 12.6 Å². The number of halogens is 1. The minimum atomic E-state index is -0.273. The molecule has 2 aromatic carbocycles. The SMILES string of the molecule is CCC(CF)c1cccc2ccccc12. The fourth-order valence-corrected chi connectivity index (χ4v) is 2.02. The minimum absolute atomic E-state index is 0.0381. The molecule has 0 aliphatic heterocycles. The summed E-state index contributed by atoms with van der Waals surface area (Å²) >= 11 is 0. The molecular weight excluding hydrogens is 187 g/mol. The van der Waals surface area contributed by atoms with Gasteiger partial charge in [-0.25, -0.2) is 0 Å². The van der Waals surface area contributed by atoms with Crippen LogP contribution in [0.2, 0.25) is 0 Å². The summed E-state index contributed by atoms with van der Waals surface area (Å²) in [5, 5.41) is 2.38. The Balaban J connectivity index is 2.59. The Morgan fingerprint density at radius 1 is 1.07 bits per heavy atom. The van der Waals surface area contributed by atoms with Crippen molar-refractivity contribution in [1.82, 2.24) is 0 Å². The minimum Gasteiger partial charge on any atom is -0.250 e. The van der Waals surface area contributed by atoms with E-state index in [4.69, 9.17) is 0 Å². The van der Waals surface area contributed by atoms with E-state index in [9.17, 15) is 4.39 Å². The highest BCUT2D eigenvalue weighted by atomic mass is 19.1. The van der Waals surface area contributed by atoms with Crippen molar-refractivity contribution in [3.05, 3.63) is 48.0 Å². The van der Waals surface area contributed by atoms with Crippen LogP contribution in [-0.4, -0.2) is 6.67 Å². The van der Waals surface area contributed by atoms with Crippen LogP contribution < -0.4 is 0 Å². The molecule has 15 heavy (non-hydrogen) atoms. The number of rotatable bonds is 3. The van der Waals surface area contributed by atoms with Gasteiger partial charge in [0.1, 0.15) is 0 Å². The highest BCUT2D eigenvalue weighted by Crippen LogP contribution is 2.27. The Hall–Kier alpha value is -1.37. The summed E-state index contributed by atoms with van der Waals surface area (Å²) in [6.07, 6.45) is 0.852. The van der Waals surface area contributed by atoms with E-state index in [0.717, 1.165) is 12.0 Å². The average molecular weight is 202 g/mol. The van der Waals surface area contributed by atoms with Crippen molar-refractivity contribution in [1.29, 1.82) is 0 Å². The largest absolute Gasteiger partial charge is 0.250 e. The number of hydrogen-bond acceptors (Lipinski definition) is 0. The number of alkyl halides is 1. The zero-order valence-electron chi connectivity index (χ0n) is 8.91. The van der Waals surface area contributed by atoms with Gasteiger partial charge >= 0.3 is 0 Å². The number of hydrogen-bond donors (Lipinski definition) is 0. The first-order valence-corrected chi connectivity index (χ1v) is 5.40. The van der Waals surface area contributed by atoms with Crippen molar-refractivity contribution in [2.24, 2.45) is 0 Å². The van der Waals surface area contributed by atoms with Gasteiger partial charge in [0.25, 0.3) is 0 Å². The zero-order valence-corrected chi connectivity index (χ0v) is 8.91. The zero-order chi connectivity index (χ0) is 10.7. The summed E-state index contributed by atoms with van der Waals surface area (Å²) in [5.74, 6) is 0.0381. The summed E-state index contributed by atoms with van der Waals surface area (Å²) in [6.45, 7) is 1.76. The van der Waals surface area contributed by atoms with Gasteiger partial charge in [0.15, 0.2) is 0 Å². The molecule has 1 heteroatoms. The summed E-state index contributed by atoms with van der Waals surface area (Å²) < 4.78 is 12.9. The Morgan fingerprint density at radius 3 is 2.53 bits per heavy atom. The lowest BCUT2D eigenvalue weighted by molar-refractivity contribution is 0.425. The predicted octanol–water partition coefficient (Wildman–Crippen LogP) is 4.30. The lowest BCUT2D eigenvalue weighted by atomic mass is 9.92. The first-order chi connectivity index (χ1) is 7.36. The van der Waals surface area contributed by atoms with Gasteiger partial charge in [0.2, 0.25) is 0 Å². The summed E-state index contributed by atoms with van der Waals surface area (Å²) in [6, 6.07) is 14.3. The standard InChI is InChI=1S/C14H15F/c1-2-11(10-15)13-9-5-7-12-6-3-4-8-14(12)13/h3-9,11H,2,10H2,1H3. The number of benzene rings is 2. The molecule has 0 saturated heterocycles. The van der Waals surface area contributed by atoms with Crippen molar-refractivity contribution >= 4 is 10.8 Å². The molecule has 0 bridgehead atoms. The maximum atomic E-state index is 12.9. The van der Waals surface area contributed by atoms with Gasteiger partial charge in [-0.2, -0.15) is 0 Å². The van der Waals surface area contributed by atoms with Crippen LogP contribution in [0.3, 0.4) is 0 Å². The molecule has 0 saturated carbocycles. The van der Waals surface area contributed by atoms with Gasteiger partial charge < -0.3 is 0 Å². The van der Waals surface area contributed by atoms with Crippen LogP contribution in [-0.2, 0) is 0 Å². The van der Waals surface area contributed by atoms with Gasteiger partial charge in [0.05, 0.1) is 6.67 Å². The molecule has 2 rings (SSSR count). The van der Waals surface area contributed by atoms with Crippen molar-refractivity contribution in [3.63, 3.8) is 0 Å². The summed E-state index contributed by atoms with van der Waals surface area (Å²) in [7, 11) is 0. The Bertz CT molecular complexity index is 439. The highest BCUT2D eigenvalue weighted by Gasteiger charge is 2.11. The van der Waals surface area contributed by atoms with E-state index in [0.29, 0.717) is 0 Å². The van der Waals surface area contributed by atoms with Crippen molar-refractivity contribution < 1.29 is 4.39 Å². The maximum absolute atomic E-state index is 12.9. The molecule has 0 N–H and O–H groups in total. The quantitative estimate of drug-likeness (QED) is 0.696. The van der Waals surface area contributed by atoms with Crippen molar-refractivity contribution in [2.75, 3.05) is 6.67 Å². The molecule has 0 heterocycles. The first kappa shape index (κ1) is 10.2. The number of fused-ring (bicyclic) bond motifs is 1. The molecule has 0 aliphatic carbocycles. The monoisotopic (exact) mass is 202 g/mol. The fraction of sp³-hybridized carbons (Fsp3) is 0.286. The fourth-order valence-electron chi connectivity index (χ4n) is 2.02. The third kappa shape index (κ3) is 1.87. The van der Waals surface area contributed by atoms with Gasteiger partial charge in [-0.15, -0.1) is 0 Å². The third-order valence-electron chi connectivity index (χ3n) is 2.94. The molecule has 0 aliphatic rings. The molecule has 1 atom stereocenters. The maximum Gasteiger partial charge on any atom is 0.0963 e. The van der Waals surface area contributed by atoms with Crippen LogP contribution in [0.4, 0.5) is 4.39 Å². The molecule has 0 fully saturated rings. The van der Waals surface area contributed by atoms with Crippen LogP contribution >= 0.6 is 0 Å². The molecule has 0 nitrogen and oxygen atoms in total. The highest BCUT2D eigenvalue weighted by molar-refractivity contribution is 5.86. The van der Waals surface area contributed by atoms with Crippen molar-refractivity contribution in [3.8, 4) is 0 Å². The first-order valence-electron chi connectivity index (χ1n) is 5.40. The van der Waals surface area contributed by atoms with E-state index in [2.05, 4.69) is 18.2 Å². The Morgan fingerprint density at radius 2 is 1.80 bits per heavy atom. The molecular formula is C14H15F. The predicted molar refractivity (Wildman–Crippen MR) is 63.0 cm³/mol. The second-order valence-corrected chi connectivity index (χ2v) is 3.83. The van der Waals surface area contributed by atoms with Gasteiger partial charge in [0, 0.05) is 5.92 Å². The van der Waals surface area contributed by atoms with Crippen LogP contribution in [0.1, 0.15) is 24.8 Å². The average Bonchev–Trinajstić information content (AvgIpc) is 2.31. The third-order valence-corrected chi connectivity index (χ3v) is 2.94. The van der Waals surface area contributed by atoms with E-state index in [1.165, 1.54) is 10.8 Å². The smallest absolute Gasteiger partial charge is 0.0963 e. The van der Waals surface area contributed by atoms with Crippen molar-refractivity contribution in [2.45, 2.75) is 19.3 Å². The molecule has 0 amide bonds. The van der Waals surface area contributed by atoms with Crippen LogP contribution in [0.15, 0.2) is 42.5 Å². The topological polar surface area (TPSA) is 0 Å².